The molecule has 1 saturated carbocycles. The average molecular weight is 519 g/mol. The first-order chi connectivity index (χ1) is 13.6. The average Bonchev–Trinajstić information content (AvgIpc) is 3.35. The second kappa shape index (κ2) is 10.9. The van der Waals surface area contributed by atoms with Crippen LogP contribution in [0.1, 0.15) is 13.3 Å². The number of hydrogen-bond acceptors (Lipinski definition) is 5. The van der Waals surface area contributed by atoms with Crippen LogP contribution in [-0.2, 0) is 19.1 Å². The van der Waals surface area contributed by atoms with Gasteiger partial charge in [0.2, 0.25) is 17.7 Å². The van der Waals surface area contributed by atoms with Gasteiger partial charge in [-0.25, -0.2) is 4.99 Å². The lowest BCUT2D eigenvalue weighted by atomic mass is 9.85. The number of carbonyl (C=O) groups is 3. The Labute approximate surface area is 188 Å². The summed E-state index contributed by atoms with van der Waals surface area (Å²) >= 11 is 0. The molecule has 0 aromatic rings. The minimum atomic E-state index is -0.199. The molecule has 0 radical (unpaired) electrons. The first-order valence-electron chi connectivity index (χ1n) is 9.88. The number of halogens is 1. The number of nitrogens with zero attached hydrogens (tertiary/aromatic N) is 2. The van der Waals surface area contributed by atoms with Crippen molar-refractivity contribution in [3.05, 3.63) is 12.2 Å². The highest BCUT2D eigenvalue weighted by atomic mass is 127. The lowest BCUT2D eigenvalue weighted by Crippen LogP contribution is -2.44. The second-order valence-electron chi connectivity index (χ2n) is 7.29. The molecule has 3 rings (SSSR count). The SMILES string of the molecule is CCNC(=NCC(=O)NCCOC)NCCN1C(=O)C2C3C=CC(C3)C2C1=O.I. The van der Waals surface area contributed by atoms with Gasteiger partial charge in [-0.1, -0.05) is 12.2 Å². The number of allylic oxidation sites excluding steroid dienone is 2. The van der Waals surface area contributed by atoms with Crippen molar-refractivity contribution >= 4 is 47.7 Å². The maximum Gasteiger partial charge on any atom is 0.241 e. The molecular formula is C19H30IN5O4. The zero-order chi connectivity index (χ0) is 20.1. The van der Waals surface area contributed by atoms with Crippen molar-refractivity contribution < 1.29 is 19.1 Å². The van der Waals surface area contributed by atoms with E-state index in [1.165, 1.54) is 4.90 Å². The number of guanidine groups is 1. The molecule has 29 heavy (non-hydrogen) atoms. The van der Waals surface area contributed by atoms with Crippen molar-refractivity contribution in [2.75, 3.05) is 46.4 Å². The van der Waals surface area contributed by atoms with Crippen molar-refractivity contribution in [2.45, 2.75) is 13.3 Å². The Morgan fingerprint density at radius 1 is 1.14 bits per heavy atom. The highest BCUT2D eigenvalue weighted by molar-refractivity contribution is 14.0. The molecule has 2 bridgehead atoms. The van der Waals surface area contributed by atoms with E-state index in [0.29, 0.717) is 38.7 Å². The molecule has 1 aliphatic heterocycles. The van der Waals surface area contributed by atoms with E-state index in [-0.39, 0.29) is 71.9 Å². The highest BCUT2D eigenvalue weighted by Gasteiger charge is 2.58. The number of methoxy groups -OCH3 is 1. The third kappa shape index (κ3) is 5.27. The molecule has 4 atom stereocenters. The molecule has 0 aromatic carbocycles. The molecule has 10 heteroatoms. The van der Waals surface area contributed by atoms with E-state index < -0.39 is 0 Å². The fraction of sp³-hybridized carbons (Fsp3) is 0.684. The Balaban J connectivity index is 0.00000300. The molecule has 162 valence electrons. The van der Waals surface area contributed by atoms with E-state index in [4.69, 9.17) is 4.74 Å². The fourth-order valence-corrected chi connectivity index (χ4v) is 4.31. The lowest BCUT2D eigenvalue weighted by molar-refractivity contribution is -0.140. The standard InChI is InChI=1S/C19H29N5O4.HI/c1-3-20-19(23-11-14(25)21-7-9-28-2)22-6-8-24-17(26)15-12-4-5-13(10-12)16(15)18(24)27;/h4-5,12-13,15-16H,3,6-11H2,1-2H3,(H,21,25)(H2,20,22,23);1H. The molecule has 0 aromatic heterocycles. The van der Waals surface area contributed by atoms with Crippen LogP contribution < -0.4 is 16.0 Å². The first-order valence-corrected chi connectivity index (χ1v) is 9.88. The third-order valence-corrected chi connectivity index (χ3v) is 5.54. The fourth-order valence-electron chi connectivity index (χ4n) is 4.31. The molecule has 4 unspecified atom stereocenters. The summed E-state index contributed by atoms with van der Waals surface area (Å²) in [4.78, 5) is 42.7. The van der Waals surface area contributed by atoms with Crippen molar-refractivity contribution in [1.82, 2.24) is 20.9 Å². The predicted octanol–water partition coefficient (Wildman–Crippen LogP) is -0.271. The van der Waals surface area contributed by atoms with Crippen LogP contribution in [0.3, 0.4) is 0 Å². The first kappa shape index (κ1) is 23.6. The summed E-state index contributed by atoms with van der Waals surface area (Å²) in [5.41, 5.74) is 0. The molecule has 3 aliphatic rings. The Kier molecular flexibility index (Phi) is 8.87. The van der Waals surface area contributed by atoms with E-state index in [1.54, 1.807) is 7.11 Å². The summed E-state index contributed by atoms with van der Waals surface area (Å²) in [5, 5.41) is 8.84. The number of aliphatic imine (C=N–C) groups is 1. The minimum absolute atomic E-state index is 0. The summed E-state index contributed by atoms with van der Waals surface area (Å²) in [7, 11) is 1.57. The van der Waals surface area contributed by atoms with E-state index in [0.717, 1.165) is 6.42 Å². The molecular weight excluding hydrogens is 489 g/mol. The van der Waals surface area contributed by atoms with Gasteiger partial charge in [-0.3, -0.25) is 19.3 Å². The molecule has 3 amide bonds. The van der Waals surface area contributed by atoms with Gasteiger partial charge >= 0.3 is 0 Å². The van der Waals surface area contributed by atoms with Gasteiger partial charge in [0.05, 0.1) is 18.4 Å². The Morgan fingerprint density at radius 3 is 2.38 bits per heavy atom. The van der Waals surface area contributed by atoms with Crippen LogP contribution in [-0.4, -0.2) is 75.0 Å². The van der Waals surface area contributed by atoms with Crippen LogP contribution in [0.15, 0.2) is 17.1 Å². The molecule has 9 nitrogen and oxygen atoms in total. The van der Waals surface area contributed by atoms with Crippen molar-refractivity contribution in [1.29, 1.82) is 0 Å². The number of nitrogens with one attached hydrogen (secondary N) is 3. The van der Waals surface area contributed by atoms with E-state index in [9.17, 15) is 14.4 Å². The van der Waals surface area contributed by atoms with Crippen LogP contribution in [0.4, 0.5) is 0 Å². The number of imide groups is 1. The molecule has 0 spiro atoms. The highest BCUT2D eigenvalue weighted by Crippen LogP contribution is 2.52. The zero-order valence-corrected chi connectivity index (χ0v) is 19.2. The zero-order valence-electron chi connectivity index (χ0n) is 16.8. The summed E-state index contributed by atoms with van der Waals surface area (Å²) in [5.74, 6) is 0.293. The molecule has 2 fully saturated rings. The van der Waals surface area contributed by atoms with Crippen molar-refractivity contribution in [2.24, 2.45) is 28.7 Å². The number of amides is 3. The van der Waals surface area contributed by atoms with E-state index in [1.807, 2.05) is 6.92 Å². The quantitative estimate of drug-likeness (QED) is 0.0966. The molecule has 1 saturated heterocycles. The van der Waals surface area contributed by atoms with Crippen molar-refractivity contribution in [3.63, 3.8) is 0 Å². The normalized spacial score (nSPS) is 27.1. The number of hydrogen-bond donors (Lipinski definition) is 3. The summed E-state index contributed by atoms with van der Waals surface area (Å²) in [6, 6.07) is 0. The number of likely N-dealkylation sites (tertiary alicyclic amines) is 1. The van der Waals surface area contributed by atoms with Gasteiger partial charge in [0.25, 0.3) is 0 Å². The number of rotatable bonds is 9. The van der Waals surface area contributed by atoms with Crippen LogP contribution in [0.25, 0.3) is 0 Å². The topological polar surface area (TPSA) is 112 Å². The summed E-state index contributed by atoms with van der Waals surface area (Å²) in [6.07, 6.45) is 5.11. The largest absolute Gasteiger partial charge is 0.383 e. The summed E-state index contributed by atoms with van der Waals surface area (Å²) < 4.78 is 4.88. The smallest absolute Gasteiger partial charge is 0.241 e. The van der Waals surface area contributed by atoms with Gasteiger partial charge in [-0.05, 0) is 25.2 Å². The maximum atomic E-state index is 12.7. The second-order valence-corrected chi connectivity index (χ2v) is 7.29. The monoisotopic (exact) mass is 519 g/mol. The van der Waals surface area contributed by atoms with Gasteiger partial charge in [-0.15, -0.1) is 24.0 Å². The Morgan fingerprint density at radius 2 is 1.79 bits per heavy atom. The van der Waals surface area contributed by atoms with E-state index in [2.05, 4.69) is 33.1 Å². The molecule has 3 N–H and O–H groups in total. The van der Waals surface area contributed by atoms with Gasteiger partial charge in [-0.2, -0.15) is 0 Å². The maximum absolute atomic E-state index is 12.7. The predicted molar refractivity (Wildman–Crippen MR) is 119 cm³/mol. The lowest BCUT2D eigenvalue weighted by Gasteiger charge is -2.18. The van der Waals surface area contributed by atoms with Gasteiger partial charge < -0.3 is 20.7 Å². The minimum Gasteiger partial charge on any atom is -0.383 e. The van der Waals surface area contributed by atoms with Gasteiger partial charge in [0, 0.05) is 33.3 Å². The Hall–Kier alpha value is -1.69. The number of ether oxygens (including phenoxy) is 1. The van der Waals surface area contributed by atoms with Gasteiger partial charge in [0.1, 0.15) is 6.54 Å². The molecule has 1 heterocycles. The van der Waals surface area contributed by atoms with Crippen molar-refractivity contribution in [3.8, 4) is 0 Å². The number of carbonyl (C=O) groups excluding carboxylic acids is 3. The van der Waals surface area contributed by atoms with Crippen LogP contribution >= 0.6 is 24.0 Å². The van der Waals surface area contributed by atoms with E-state index >= 15 is 0 Å². The Bertz CT molecular complexity index is 654. The summed E-state index contributed by atoms with van der Waals surface area (Å²) in [6.45, 7) is 4.12. The third-order valence-electron chi connectivity index (χ3n) is 5.54. The van der Waals surface area contributed by atoms with Crippen LogP contribution in [0.2, 0.25) is 0 Å². The van der Waals surface area contributed by atoms with Crippen LogP contribution in [0.5, 0.6) is 0 Å². The van der Waals surface area contributed by atoms with Gasteiger partial charge in [0.15, 0.2) is 5.96 Å². The molecule has 2 aliphatic carbocycles. The van der Waals surface area contributed by atoms with Crippen LogP contribution in [0, 0.1) is 23.7 Å². The number of fused-ring (bicyclic) bond motifs is 5.